The molecule has 1 aliphatic heterocycles. The standard InChI is InChI=1S/C16H22F3N5O.ClH/c1-10-7-11(2)9-24(8-10)15(21)23-14(20)22-12-3-5-13(6-4-12)25-16(17,18)19;/h3-6,10-11H,7-9H2,1-2H3,(H4,20,21,22,23);1H. The van der Waals surface area contributed by atoms with E-state index >= 15 is 0 Å². The van der Waals surface area contributed by atoms with E-state index in [1.807, 2.05) is 4.90 Å². The highest BCUT2D eigenvalue weighted by Gasteiger charge is 2.31. The molecular formula is C16H23ClF3N5O. The van der Waals surface area contributed by atoms with Crippen molar-refractivity contribution >= 4 is 30.0 Å². The van der Waals surface area contributed by atoms with Crippen LogP contribution in [0.1, 0.15) is 20.3 Å². The Bertz CT molecular complexity index is 638. The van der Waals surface area contributed by atoms with Crippen LogP contribution in [-0.4, -0.2) is 36.3 Å². The van der Waals surface area contributed by atoms with Crippen LogP contribution in [0.15, 0.2) is 34.3 Å². The van der Waals surface area contributed by atoms with Crippen LogP contribution in [0.5, 0.6) is 5.75 Å². The molecule has 1 fully saturated rings. The quantitative estimate of drug-likeness (QED) is 0.596. The lowest BCUT2D eigenvalue weighted by atomic mass is 9.92. The summed E-state index contributed by atoms with van der Waals surface area (Å²) in [6.45, 7) is 5.91. The van der Waals surface area contributed by atoms with E-state index in [1.54, 1.807) is 0 Å². The minimum atomic E-state index is -4.73. The van der Waals surface area contributed by atoms with Crippen LogP contribution < -0.4 is 16.2 Å². The number of ether oxygens (including phenoxy) is 1. The van der Waals surface area contributed by atoms with Crippen molar-refractivity contribution in [1.29, 1.82) is 0 Å². The molecule has 0 bridgehead atoms. The number of guanidine groups is 2. The lowest BCUT2D eigenvalue weighted by Gasteiger charge is -2.35. The number of hydrogen-bond acceptors (Lipinski definition) is 2. The number of halogens is 4. The van der Waals surface area contributed by atoms with Gasteiger partial charge < -0.3 is 21.1 Å². The average molecular weight is 394 g/mol. The van der Waals surface area contributed by atoms with Crippen molar-refractivity contribution in [2.24, 2.45) is 33.3 Å². The van der Waals surface area contributed by atoms with E-state index < -0.39 is 6.36 Å². The van der Waals surface area contributed by atoms with Gasteiger partial charge in [0.05, 0.1) is 5.69 Å². The van der Waals surface area contributed by atoms with Gasteiger partial charge in [0.25, 0.3) is 0 Å². The number of nitrogens with two attached hydrogens (primary N) is 2. The van der Waals surface area contributed by atoms with Gasteiger partial charge in [0.1, 0.15) is 5.75 Å². The maximum Gasteiger partial charge on any atom is 0.573 e. The first-order valence-corrected chi connectivity index (χ1v) is 7.91. The SMILES string of the molecule is CC1CC(C)CN(C(N)=NC(N)=Nc2ccc(OC(F)(F)F)cc2)C1.Cl. The number of nitrogens with zero attached hydrogens (tertiary/aromatic N) is 3. The first kappa shape index (κ1) is 21.9. The molecular weight excluding hydrogens is 371 g/mol. The van der Waals surface area contributed by atoms with Crippen molar-refractivity contribution in [1.82, 2.24) is 4.90 Å². The zero-order valence-electron chi connectivity index (χ0n) is 14.5. The Kier molecular flexibility index (Phi) is 7.55. The minimum absolute atomic E-state index is 0. The predicted molar refractivity (Wildman–Crippen MR) is 97.8 cm³/mol. The number of likely N-dealkylation sites (tertiary alicyclic amines) is 1. The van der Waals surface area contributed by atoms with Crippen LogP contribution in [-0.2, 0) is 0 Å². The Hall–Kier alpha value is -2.16. The molecule has 2 unspecified atom stereocenters. The van der Waals surface area contributed by atoms with E-state index in [0.29, 0.717) is 17.5 Å². The summed E-state index contributed by atoms with van der Waals surface area (Å²) in [7, 11) is 0. The Morgan fingerprint density at radius 2 is 1.65 bits per heavy atom. The van der Waals surface area contributed by atoms with Crippen molar-refractivity contribution in [2.75, 3.05) is 13.1 Å². The zero-order chi connectivity index (χ0) is 18.6. The summed E-state index contributed by atoms with van der Waals surface area (Å²) in [5.74, 6) is 0.919. The van der Waals surface area contributed by atoms with Gasteiger partial charge in [0.15, 0.2) is 5.96 Å². The largest absolute Gasteiger partial charge is 0.573 e. The number of rotatable bonds is 2. The van der Waals surface area contributed by atoms with Gasteiger partial charge in [-0.2, -0.15) is 4.99 Å². The molecule has 2 rings (SSSR count). The summed E-state index contributed by atoms with van der Waals surface area (Å²) < 4.78 is 40.2. The molecule has 2 atom stereocenters. The van der Waals surface area contributed by atoms with E-state index in [-0.39, 0.29) is 30.1 Å². The number of hydrogen-bond donors (Lipinski definition) is 2. The smallest absolute Gasteiger partial charge is 0.406 e. The molecule has 1 heterocycles. The van der Waals surface area contributed by atoms with Gasteiger partial charge in [-0.3, -0.25) is 0 Å². The van der Waals surface area contributed by atoms with Gasteiger partial charge in [-0.25, -0.2) is 4.99 Å². The fourth-order valence-electron chi connectivity index (χ4n) is 2.92. The first-order valence-electron chi connectivity index (χ1n) is 7.91. The van der Waals surface area contributed by atoms with Crippen molar-refractivity contribution < 1.29 is 17.9 Å². The molecule has 4 N–H and O–H groups in total. The van der Waals surface area contributed by atoms with Gasteiger partial charge in [-0.05, 0) is 42.5 Å². The third-order valence-corrected chi connectivity index (χ3v) is 3.74. The molecule has 10 heteroatoms. The highest BCUT2D eigenvalue weighted by atomic mass is 35.5. The Labute approximate surface area is 156 Å². The average Bonchev–Trinajstić information content (AvgIpc) is 2.46. The monoisotopic (exact) mass is 393 g/mol. The lowest BCUT2D eigenvalue weighted by Crippen LogP contribution is -2.46. The molecule has 1 aliphatic rings. The van der Waals surface area contributed by atoms with Gasteiger partial charge >= 0.3 is 6.36 Å². The maximum absolute atomic E-state index is 12.1. The second-order valence-electron chi connectivity index (χ2n) is 6.33. The summed E-state index contributed by atoms with van der Waals surface area (Å²) in [4.78, 5) is 10.1. The van der Waals surface area contributed by atoms with Crippen molar-refractivity contribution in [3.05, 3.63) is 24.3 Å². The van der Waals surface area contributed by atoms with Crippen LogP contribution in [0.25, 0.3) is 0 Å². The summed E-state index contributed by atoms with van der Waals surface area (Å²) in [6.07, 6.45) is -3.59. The molecule has 0 radical (unpaired) electrons. The minimum Gasteiger partial charge on any atom is -0.406 e. The van der Waals surface area contributed by atoms with Crippen LogP contribution in [0.3, 0.4) is 0 Å². The van der Waals surface area contributed by atoms with Crippen molar-refractivity contribution in [3.8, 4) is 5.75 Å². The summed E-state index contributed by atoms with van der Waals surface area (Å²) >= 11 is 0. The second-order valence-corrected chi connectivity index (χ2v) is 6.33. The molecule has 0 aromatic heterocycles. The highest BCUT2D eigenvalue weighted by molar-refractivity contribution is 5.94. The molecule has 26 heavy (non-hydrogen) atoms. The molecule has 1 aromatic rings. The first-order chi connectivity index (χ1) is 11.6. The number of benzene rings is 1. The number of aliphatic imine (C=N–C) groups is 2. The van der Waals surface area contributed by atoms with Crippen LogP contribution in [0.4, 0.5) is 18.9 Å². The molecule has 0 spiro atoms. The van der Waals surface area contributed by atoms with E-state index in [9.17, 15) is 13.2 Å². The van der Waals surface area contributed by atoms with Gasteiger partial charge in [-0.1, -0.05) is 13.8 Å². The van der Waals surface area contributed by atoms with Gasteiger partial charge in [-0.15, -0.1) is 25.6 Å². The molecule has 6 nitrogen and oxygen atoms in total. The number of piperidine rings is 1. The summed E-state index contributed by atoms with van der Waals surface area (Å²) in [5, 5.41) is 0. The third kappa shape index (κ3) is 6.99. The van der Waals surface area contributed by atoms with Gasteiger partial charge in [0.2, 0.25) is 5.96 Å². The Morgan fingerprint density at radius 1 is 1.12 bits per heavy atom. The van der Waals surface area contributed by atoms with Crippen molar-refractivity contribution in [3.63, 3.8) is 0 Å². The molecule has 0 aliphatic carbocycles. The third-order valence-electron chi connectivity index (χ3n) is 3.74. The van der Waals surface area contributed by atoms with E-state index in [1.165, 1.54) is 12.1 Å². The summed E-state index contributed by atoms with van der Waals surface area (Å²) in [6, 6.07) is 5.01. The van der Waals surface area contributed by atoms with Crippen LogP contribution in [0.2, 0.25) is 0 Å². The van der Waals surface area contributed by atoms with Crippen molar-refractivity contribution in [2.45, 2.75) is 26.6 Å². The van der Waals surface area contributed by atoms with E-state index in [4.69, 9.17) is 11.5 Å². The molecule has 0 saturated carbocycles. The van der Waals surface area contributed by atoms with Gasteiger partial charge in [0, 0.05) is 13.1 Å². The topological polar surface area (TPSA) is 89.2 Å². The second kappa shape index (κ2) is 8.98. The predicted octanol–water partition coefficient (Wildman–Crippen LogP) is 3.25. The molecule has 1 aromatic carbocycles. The normalized spacial score (nSPS) is 22.0. The zero-order valence-corrected chi connectivity index (χ0v) is 15.3. The Morgan fingerprint density at radius 3 is 2.15 bits per heavy atom. The molecule has 146 valence electrons. The Balaban J connectivity index is 0.00000338. The molecule has 0 amide bonds. The van der Waals surface area contributed by atoms with Crippen LogP contribution >= 0.6 is 12.4 Å². The molecule has 1 saturated heterocycles. The van der Waals surface area contributed by atoms with Crippen LogP contribution in [0, 0.1) is 11.8 Å². The number of alkyl halides is 3. The lowest BCUT2D eigenvalue weighted by molar-refractivity contribution is -0.274. The van der Waals surface area contributed by atoms with E-state index in [0.717, 1.165) is 31.6 Å². The van der Waals surface area contributed by atoms with E-state index in [2.05, 4.69) is 28.6 Å². The fraction of sp³-hybridized carbons (Fsp3) is 0.500. The fourth-order valence-corrected chi connectivity index (χ4v) is 2.92. The summed E-state index contributed by atoms with van der Waals surface area (Å²) in [5.41, 5.74) is 12.1. The highest BCUT2D eigenvalue weighted by Crippen LogP contribution is 2.25. The maximum atomic E-state index is 12.1.